The Morgan fingerprint density at radius 3 is 2.68 bits per heavy atom. The third kappa shape index (κ3) is 2.83. The second-order valence-electron chi connectivity index (χ2n) is 4.64. The predicted molar refractivity (Wildman–Crippen MR) is 67.4 cm³/mol. The van der Waals surface area contributed by atoms with Crippen LogP contribution in [0.25, 0.3) is 0 Å². The molecule has 1 aromatic carbocycles. The molecule has 0 aromatic heterocycles. The average Bonchev–Trinajstić information content (AvgIpc) is 2.50. The van der Waals surface area contributed by atoms with Crippen molar-refractivity contribution in [2.75, 3.05) is 31.6 Å². The number of halogens is 1. The molecule has 1 saturated heterocycles. The smallest absolute Gasteiger partial charge is 0.310 e. The lowest BCUT2D eigenvalue weighted by molar-refractivity contribution is -0.142. The fourth-order valence-corrected chi connectivity index (χ4v) is 2.15. The minimum Gasteiger partial charge on any atom is -0.481 e. The molecule has 1 atom stereocenters. The molecule has 0 aliphatic carbocycles. The van der Waals surface area contributed by atoms with Crippen molar-refractivity contribution in [1.82, 2.24) is 4.90 Å². The number of para-hydroxylation sites is 1. The minimum atomic E-state index is -0.983. The SMILES string of the molecule is CN1CC(C(=O)O)CN(c2ccccc2F)CC1=O. The lowest BCUT2D eigenvalue weighted by Gasteiger charge is -2.23. The molecule has 1 aromatic rings. The van der Waals surface area contributed by atoms with E-state index in [2.05, 4.69) is 0 Å². The Kier molecular flexibility index (Phi) is 3.69. The monoisotopic (exact) mass is 266 g/mol. The number of carbonyl (C=O) groups is 2. The van der Waals surface area contributed by atoms with Crippen LogP contribution in [-0.2, 0) is 9.59 Å². The number of rotatable bonds is 2. The third-order valence-corrected chi connectivity index (χ3v) is 3.23. The molecule has 0 radical (unpaired) electrons. The van der Waals surface area contributed by atoms with Crippen LogP contribution in [0.3, 0.4) is 0 Å². The molecule has 2 rings (SSSR count). The molecule has 102 valence electrons. The van der Waals surface area contributed by atoms with Gasteiger partial charge < -0.3 is 14.9 Å². The first kappa shape index (κ1) is 13.3. The summed E-state index contributed by atoms with van der Waals surface area (Å²) >= 11 is 0. The zero-order valence-corrected chi connectivity index (χ0v) is 10.5. The van der Waals surface area contributed by atoms with Crippen molar-refractivity contribution in [3.8, 4) is 0 Å². The van der Waals surface area contributed by atoms with Gasteiger partial charge in [-0.05, 0) is 12.1 Å². The highest BCUT2D eigenvalue weighted by Crippen LogP contribution is 2.22. The molecule has 19 heavy (non-hydrogen) atoms. The summed E-state index contributed by atoms with van der Waals surface area (Å²) in [6.45, 7) is 0.243. The van der Waals surface area contributed by atoms with Crippen molar-refractivity contribution < 1.29 is 19.1 Å². The van der Waals surface area contributed by atoms with Gasteiger partial charge >= 0.3 is 5.97 Å². The third-order valence-electron chi connectivity index (χ3n) is 3.23. The molecule has 1 amide bonds. The average molecular weight is 266 g/mol. The molecule has 0 saturated carbocycles. The number of aliphatic carboxylic acids is 1. The number of hydrogen-bond donors (Lipinski definition) is 1. The zero-order valence-electron chi connectivity index (χ0n) is 10.5. The van der Waals surface area contributed by atoms with Crippen LogP contribution in [-0.4, -0.2) is 48.6 Å². The summed E-state index contributed by atoms with van der Waals surface area (Å²) in [6, 6.07) is 6.06. The van der Waals surface area contributed by atoms with Crippen molar-refractivity contribution in [3.05, 3.63) is 30.1 Å². The second-order valence-corrected chi connectivity index (χ2v) is 4.64. The Bertz CT molecular complexity index is 506. The lowest BCUT2D eigenvalue weighted by Crippen LogP contribution is -2.34. The maximum absolute atomic E-state index is 13.7. The standard InChI is InChI=1S/C13H15FN2O3/c1-15-6-9(13(18)19)7-16(8-12(15)17)11-5-3-2-4-10(11)14/h2-5,9H,6-8H2,1H3,(H,18,19). The number of nitrogens with zero attached hydrogens (tertiary/aromatic N) is 2. The number of amides is 1. The molecular weight excluding hydrogens is 251 g/mol. The van der Waals surface area contributed by atoms with Crippen molar-refractivity contribution in [3.63, 3.8) is 0 Å². The summed E-state index contributed by atoms with van der Waals surface area (Å²) in [7, 11) is 1.56. The van der Waals surface area contributed by atoms with Gasteiger partial charge in [0.1, 0.15) is 5.82 Å². The van der Waals surface area contributed by atoms with Crippen LogP contribution in [0.5, 0.6) is 0 Å². The van der Waals surface area contributed by atoms with E-state index in [-0.39, 0.29) is 31.2 Å². The Morgan fingerprint density at radius 2 is 2.05 bits per heavy atom. The van der Waals surface area contributed by atoms with E-state index < -0.39 is 17.7 Å². The van der Waals surface area contributed by atoms with Crippen LogP contribution in [0.2, 0.25) is 0 Å². The summed E-state index contributed by atoms with van der Waals surface area (Å²) in [6.07, 6.45) is 0. The van der Waals surface area contributed by atoms with E-state index in [1.54, 1.807) is 25.2 Å². The molecule has 1 unspecified atom stereocenters. The lowest BCUT2D eigenvalue weighted by atomic mass is 10.1. The van der Waals surface area contributed by atoms with E-state index in [4.69, 9.17) is 5.11 Å². The Labute approximate surface area is 110 Å². The summed E-state index contributed by atoms with van der Waals surface area (Å²) in [5.74, 6) is -2.38. The highest BCUT2D eigenvalue weighted by Gasteiger charge is 2.30. The van der Waals surface area contributed by atoms with E-state index in [1.165, 1.54) is 15.9 Å². The molecular formula is C13H15FN2O3. The number of carboxylic acid groups (broad SMARTS) is 1. The molecule has 1 N–H and O–H groups in total. The highest BCUT2D eigenvalue weighted by atomic mass is 19.1. The molecule has 1 aliphatic rings. The normalized spacial score (nSPS) is 20.3. The van der Waals surface area contributed by atoms with Crippen LogP contribution in [0, 0.1) is 11.7 Å². The van der Waals surface area contributed by atoms with Crippen molar-refractivity contribution >= 4 is 17.6 Å². The van der Waals surface area contributed by atoms with Crippen molar-refractivity contribution in [2.24, 2.45) is 5.92 Å². The Balaban J connectivity index is 2.31. The summed E-state index contributed by atoms with van der Waals surface area (Å²) in [5.41, 5.74) is 0.261. The van der Waals surface area contributed by atoms with E-state index in [0.717, 1.165) is 0 Å². The van der Waals surface area contributed by atoms with Gasteiger partial charge in [-0.2, -0.15) is 0 Å². The summed E-state index contributed by atoms with van der Waals surface area (Å²) in [5, 5.41) is 9.14. The number of anilines is 1. The second kappa shape index (κ2) is 5.26. The highest BCUT2D eigenvalue weighted by molar-refractivity contribution is 5.83. The van der Waals surface area contributed by atoms with Crippen molar-refractivity contribution in [1.29, 1.82) is 0 Å². The molecule has 5 nitrogen and oxygen atoms in total. The molecule has 1 fully saturated rings. The van der Waals surface area contributed by atoms with E-state index in [9.17, 15) is 14.0 Å². The molecule has 0 bridgehead atoms. The topological polar surface area (TPSA) is 60.9 Å². The van der Waals surface area contributed by atoms with Crippen LogP contribution < -0.4 is 4.90 Å². The van der Waals surface area contributed by atoms with Gasteiger partial charge in [-0.25, -0.2) is 4.39 Å². The number of hydrogen-bond acceptors (Lipinski definition) is 3. The van der Waals surface area contributed by atoms with Gasteiger partial charge in [0.15, 0.2) is 0 Å². The van der Waals surface area contributed by atoms with Gasteiger partial charge in [0, 0.05) is 20.1 Å². The molecule has 6 heteroatoms. The number of carboxylic acids is 1. The zero-order chi connectivity index (χ0) is 14.0. The number of carbonyl (C=O) groups excluding carboxylic acids is 1. The fourth-order valence-electron chi connectivity index (χ4n) is 2.15. The maximum atomic E-state index is 13.7. The van der Waals surface area contributed by atoms with E-state index in [1.807, 2.05) is 0 Å². The van der Waals surface area contributed by atoms with Crippen LogP contribution in [0.4, 0.5) is 10.1 Å². The Hall–Kier alpha value is -2.11. The molecule has 1 heterocycles. The van der Waals surface area contributed by atoms with Crippen LogP contribution >= 0.6 is 0 Å². The molecule has 1 aliphatic heterocycles. The first-order valence-electron chi connectivity index (χ1n) is 5.95. The van der Waals surface area contributed by atoms with Crippen LogP contribution in [0.15, 0.2) is 24.3 Å². The van der Waals surface area contributed by atoms with Gasteiger partial charge in [-0.1, -0.05) is 12.1 Å². The minimum absolute atomic E-state index is 0.0127. The van der Waals surface area contributed by atoms with Gasteiger partial charge in [-0.3, -0.25) is 9.59 Å². The molecule has 0 spiro atoms. The predicted octanol–water partition coefficient (Wildman–Crippen LogP) is 0.805. The van der Waals surface area contributed by atoms with Gasteiger partial charge in [0.2, 0.25) is 5.91 Å². The summed E-state index contributed by atoms with van der Waals surface area (Å²) < 4.78 is 13.7. The Morgan fingerprint density at radius 1 is 1.37 bits per heavy atom. The van der Waals surface area contributed by atoms with Crippen molar-refractivity contribution in [2.45, 2.75) is 0 Å². The summed E-state index contributed by atoms with van der Waals surface area (Å²) in [4.78, 5) is 25.9. The maximum Gasteiger partial charge on any atom is 0.310 e. The fraction of sp³-hybridized carbons (Fsp3) is 0.385. The quantitative estimate of drug-likeness (QED) is 0.860. The first-order chi connectivity index (χ1) is 8.99. The van der Waals surface area contributed by atoms with E-state index >= 15 is 0 Å². The number of likely N-dealkylation sites (N-methyl/N-ethyl adjacent to an activating group) is 1. The largest absolute Gasteiger partial charge is 0.481 e. The van der Waals surface area contributed by atoms with Gasteiger partial charge in [-0.15, -0.1) is 0 Å². The van der Waals surface area contributed by atoms with Gasteiger partial charge in [0.05, 0.1) is 18.2 Å². The van der Waals surface area contributed by atoms with Gasteiger partial charge in [0.25, 0.3) is 0 Å². The number of benzene rings is 1. The first-order valence-corrected chi connectivity index (χ1v) is 5.95. The van der Waals surface area contributed by atoms with E-state index in [0.29, 0.717) is 0 Å². The van der Waals surface area contributed by atoms with Crippen LogP contribution in [0.1, 0.15) is 0 Å².